The molecule has 0 saturated carbocycles. The highest BCUT2D eigenvalue weighted by Crippen LogP contribution is 2.39. The van der Waals surface area contributed by atoms with E-state index in [-0.39, 0.29) is 44.2 Å². The molecule has 2 N–H and O–H groups in total. The first kappa shape index (κ1) is 25.5. The van der Waals surface area contributed by atoms with Gasteiger partial charge in [-0.1, -0.05) is 58.0 Å². The molecule has 2 rings (SSSR count). The van der Waals surface area contributed by atoms with Crippen LogP contribution in [0.15, 0.2) is 18.2 Å². The second-order valence-electron chi connectivity index (χ2n) is 5.35. The van der Waals surface area contributed by atoms with Crippen molar-refractivity contribution < 1.29 is 29.3 Å². The molecule has 6 nitrogen and oxygen atoms in total. The van der Waals surface area contributed by atoms with Crippen LogP contribution in [0.4, 0.5) is 0 Å². The molecule has 0 unspecified atom stereocenters. The average Bonchev–Trinajstić information content (AvgIpc) is 2.63. The Morgan fingerprint density at radius 3 is 1.83 bits per heavy atom. The summed E-state index contributed by atoms with van der Waals surface area (Å²) in [5.41, 5.74) is 0.657. The van der Waals surface area contributed by atoms with Crippen LogP contribution in [-0.4, -0.2) is 36.4 Å². The maximum absolute atomic E-state index is 10.6. The number of methoxy groups -OCH3 is 2. The van der Waals surface area contributed by atoms with Crippen molar-refractivity contribution in [1.82, 2.24) is 0 Å². The highest BCUT2D eigenvalue weighted by molar-refractivity contribution is 6.44. The van der Waals surface area contributed by atoms with Gasteiger partial charge in [-0.3, -0.25) is 9.59 Å². The zero-order chi connectivity index (χ0) is 22.3. The van der Waals surface area contributed by atoms with E-state index >= 15 is 0 Å². The molecule has 0 fully saturated rings. The summed E-state index contributed by atoms with van der Waals surface area (Å²) in [4.78, 5) is 21.1. The molecule has 2 aromatic rings. The molecule has 0 radical (unpaired) electrons. The lowest BCUT2D eigenvalue weighted by Crippen LogP contribution is -2.04. The molecule has 158 valence electrons. The van der Waals surface area contributed by atoms with Crippen molar-refractivity contribution >= 4 is 69.9 Å². The highest BCUT2D eigenvalue weighted by Gasteiger charge is 2.18. The number of hydrogen-bond acceptors (Lipinski definition) is 4. The summed E-state index contributed by atoms with van der Waals surface area (Å²) in [5.74, 6) is -1.35. The number of halogens is 5. The summed E-state index contributed by atoms with van der Waals surface area (Å²) < 4.78 is 9.91. The molecular weight excluding hydrogens is 489 g/mol. The van der Waals surface area contributed by atoms with E-state index in [0.29, 0.717) is 16.3 Å². The Morgan fingerprint density at radius 1 is 0.793 bits per heavy atom. The van der Waals surface area contributed by atoms with Gasteiger partial charge in [-0.2, -0.15) is 0 Å². The summed E-state index contributed by atoms with van der Waals surface area (Å²) in [6.07, 6.45) is -0.503. The predicted molar refractivity (Wildman–Crippen MR) is 114 cm³/mol. The minimum absolute atomic E-state index is 0.153. The van der Waals surface area contributed by atoms with Crippen molar-refractivity contribution in [2.45, 2.75) is 12.8 Å². The first-order valence-corrected chi connectivity index (χ1v) is 9.57. The Hall–Kier alpha value is -1.57. The Bertz CT molecular complexity index is 916. The maximum atomic E-state index is 10.6. The van der Waals surface area contributed by atoms with Gasteiger partial charge in [-0.05, 0) is 18.2 Å². The number of benzene rings is 2. The lowest BCUT2D eigenvalue weighted by molar-refractivity contribution is -0.137. The molecular formula is C18H15Cl5O6. The van der Waals surface area contributed by atoms with E-state index in [1.54, 1.807) is 12.1 Å². The van der Waals surface area contributed by atoms with Gasteiger partial charge in [-0.15, -0.1) is 0 Å². The highest BCUT2D eigenvalue weighted by atomic mass is 35.5. The smallest absolute Gasteiger partial charge is 0.308 e. The number of ether oxygens (including phenoxy) is 2. The first-order valence-electron chi connectivity index (χ1n) is 7.68. The largest absolute Gasteiger partial charge is 0.495 e. The number of carboxylic acid groups (broad SMARTS) is 2. The molecule has 2 aromatic carbocycles. The van der Waals surface area contributed by atoms with Crippen LogP contribution in [0.2, 0.25) is 25.1 Å². The molecule has 0 atom stereocenters. The molecule has 29 heavy (non-hydrogen) atoms. The SMILES string of the molecule is COc1c(Cl)cc(Cl)c(Cl)c1CC(=O)O.COc1ccc(Cl)c(CC(=O)O)c1Cl. The Morgan fingerprint density at radius 2 is 1.34 bits per heavy atom. The van der Waals surface area contributed by atoms with E-state index in [2.05, 4.69) is 0 Å². The van der Waals surface area contributed by atoms with Crippen LogP contribution in [-0.2, 0) is 22.4 Å². The number of aliphatic carboxylic acids is 2. The zero-order valence-corrected chi connectivity index (χ0v) is 18.8. The standard InChI is InChI=1S/C9H7Cl3O3.C9H8Cl2O3/c1-15-9-4(2-7(13)14)8(12)5(10)3-6(9)11;1-14-7-3-2-6(10)5(9(7)11)4-8(12)13/h3H,2H2,1H3,(H,13,14);2-3H,4H2,1H3,(H,12,13). The molecule has 0 heterocycles. The van der Waals surface area contributed by atoms with Gasteiger partial charge in [0.15, 0.2) is 0 Å². The van der Waals surface area contributed by atoms with Crippen molar-refractivity contribution in [3.8, 4) is 11.5 Å². The van der Waals surface area contributed by atoms with Crippen LogP contribution in [0.25, 0.3) is 0 Å². The Balaban J connectivity index is 0.000000291. The fourth-order valence-corrected chi connectivity index (χ4v) is 3.57. The fraction of sp³-hybridized carbons (Fsp3) is 0.222. The van der Waals surface area contributed by atoms with E-state index in [9.17, 15) is 9.59 Å². The Labute approximate surface area is 191 Å². The minimum atomic E-state index is -1.03. The van der Waals surface area contributed by atoms with Crippen LogP contribution in [0, 0.1) is 0 Å². The van der Waals surface area contributed by atoms with Gasteiger partial charge in [0, 0.05) is 16.1 Å². The minimum Gasteiger partial charge on any atom is -0.495 e. The molecule has 0 bridgehead atoms. The van der Waals surface area contributed by atoms with E-state index < -0.39 is 11.9 Å². The zero-order valence-electron chi connectivity index (χ0n) is 15.1. The van der Waals surface area contributed by atoms with Crippen molar-refractivity contribution in [2.24, 2.45) is 0 Å². The van der Waals surface area contributed by atoms with Gasteiger partial charge in [-0.25, -0.2) is 0 Å². The van der Waals surface area contributed by atoms with Crippen molar-refractivity contribution in [2.75, 3.05) is 14.2 Å². The second-order valence-corrected chi connectivity index (χ2v) is 7.33. The van der Waals surface area contributed by atoms with Crippen LogP contribution in [0.1, 0.15) is 11.1 Å². The van der Waals surface area contributed by atoms with Gasteiger partial charge in [0.1, 0.15) is 11.5 Å². The number of rotatable bonds is 6. The summed E-state index contributed by atoms with van der Waals surface area (Å²) in [7, 11) is 2.84. The normalized spacial score (nSPS) is 10.0. The third-order valence-electron chi connectivity index (χ3n) is 3.45. The van der Waals surface area contributed by atoms with Crippen molar-refractivity contribution in [1.29, 1.82) is 0 Å². The van der Waals surface area contributed by atoms with Gasteiger partial charge < -0.3 is 19.7 Å². The van der Waals surface area contributed by atoms with Crippen LogP contribution >= 0.6 is 58.0 Å². The molecule has 0 aliphatic heterocycles. The van der Waals surface area contributed by atoms with Gasteiger partial charge >= 0.3 is 11.9 Å². The van der Waals surface area contributed by atoms with E-state index in [1.165, 1.54) is 20.3 Å². The monoisotopic (exact) mass is 502 g/mol. The van der Waals surface area contributed by atoms with E-state index in [1.807, 2.05) is 0 Å². The quantitative estimate of drug-likeness (QED) is 0.475. The van der Waals surface area contributed by atoms with Crippen LogP contribution in [0.3, 0.4) is 0 Å². The second kappa shape index (κ2) is 11.6. The molecule has 11 heteroatoms. The molecule has 0 aliphatic rings. The van der Waals surface area contributed by atoms with Crippen LogP contribution in [0.5, 0.6) is 11.5 Å². The molecule has 0 saturated heterocycles. The third kappa shape index (κ3) is 7.01. The van der Waals surface area contributed by atoms with Gasteiger partial charge in [0.25, 0.3) is 0 Å². The summed E-state index contributed by atoms with van der Waals surface area (Å²) in [6.45, 7) is 0. The fourth-order valence-electron chi connectivity index (χ4n) is 2.21. The molecule has 0 aliphatic carbocycles. The summed E-state index contributed by atoms with van der Waals surface area (Å²) in [6, 6.07) is 4.57. The summed E-state index contributed by atoms with van der Waals surface area (Å²) >= 11 is 29.1. The van der Waals surface area contributed by atoms with Gasteiger partial charge in [0.05, 0.1) is 47.2 Å². The number of hydrogen-bond donors (Lipinski definition) is 2. The molecule has 0 aromatic heterocycles. The van der Waals surface area contributed by atoms with Crippen LogP contribution < -0.4 is 9.47 Å². The van der Waals surface area contributed by atoms with E-state index in [0.717, 1.165) is 0 Å². The topological polar surface area (TPSA) is 93.1 Å². The van der Waals surface area contributed by atoms with Gasteiger partial charge in [0.2, 0.25) is 0 Å². The lowest BCUT2D eigenvalue weighted by Gasteiger charge is -2.11. The molecule has 0 amide bonds. The predicted octanol–water partition coefficient (Wildman–Crippen LogP) is 5.91. The van der Waals surface area contributed by atoms with E-state index in [4.69, 9.17) is 77.7 Å². The van der Waals surface area contributed by atoms with Crippen molar-refractivity contribution in [3.05, 3.63) is 54.4 Å². The average molecular weight is 505 g/mol. The molecule has 0 spiro atoms. The van der Waals surface area contributed by atoms with Crippen molar-refractivity contribution in [3.63, 3.8) is 0 Å². The number of carbonyl (C=O) groups is 2. The maximum Gasteiger partial charge on any atom is 0.308 e. The summed E-state index contributed by atoms with van der Waals surface area (Å²) in [5, 5.41) is 18.5. The lowest BCUT2D eigenvalue weighted by atomic mass is 10.1. The first-order chi connectivity index (χ1) is 13.5. The third-order valence-corrected chi connectivity index (χ3v) is 5.33. The number of carboxylic acids is 2. The Kier molecular flexibility index (Phi) is 10.2.